The van der Waals surface area contributed by atoms with Gasteiger partial charge in [0.2, 0.25) is 0 Å². The first-order valence-corrected chi connectivity index (χ1v) is 11.2. The van der Waals surface area contributed by atoms with Crippen molar-refractivity contribution in [2.75, 3.05) is 20.2 Å². The fourth-order valence-electron chi connectivity index (χ4n) is 6.23. The van der Waals surface area contributed by atoms with E-state index in [1.165, 1.54) is 12.8 Å². The standard InChI is InChI=1S/C22H36FNO3/c1-26-19-11-5-16(6-12-19)14-21(25)27-22(17-7-9-18(23)10-8-17)15-24-13-3-2-4-20(22)24/h16-20H,2-15H2,1H3/t16?,17?,18?,19?,20-,22+/m1/s1. The predicted molar refractivity (Wildman–Crippen MR) is 102 cm³/mol. The van der Waals surface area contributed by atoms with Gasteiger partial charge in [0.05, 0.1) is 12.1 Å². The Morgan fingerprint density at radius 3 is 2.44 bits per heavy atom. The maximum atomic E-state index is 13.7. The van der Waals surface area contributed by atoms with Crippen molar-refractivity contribution in [3.63, 3.8) is 0 Å². The number of rotatable bonds is 5. The molecule has 0 aromatic carbocycles. The number of halogens is 1. The van der Waals surface area contributed by atoms with E-state index in [-0.39, 0.29) is 11.6 Å². The smallest absolute Gasteiger partial charge is 0.306 e. The zero-order valence-corrected chi connectivity index (χ0v) is 16.8. The molecule has 0 radical (unpaired) electrons. The van der Waals surface area contributed by atoms with Crippen molar-refractivity contribution >= 4 is 5.97 Å². The maximum Gasteiger partial charge on any atom is 0.306 e. The molecule has 5 heteroatoms. The monoisotopic (exact) mass is 381 g/mol. The molecule has 27 heavy (non-hydrogen) atoms. The molecule has 4 fully saturated rings. The lowest BCUT2D eigenvalue weighted by Crippen LogP contribution is -2.75. The summed E-state index contributed by atoms with van der Waals surface area (Å²) in [5.41, 5.74) is -0.332. The fraction of sp³-hybridized carbons (Fsp3) is 0.955. The van der Waals surface area contributed by atoms with Crippen molar-refractivity contribution in [3.8, 4) is 0 Å². The summed E-state index contributed by atoms with van der Waals surface area (Å²) in [5, 5.41) is 0. The largest absolute Gasteiger partial charge is 0.456 e. The van der Waals surface area contributed by atoms with Crippen LogP contribution in [0.2, 0.25) is 0 Å². The summed E-state index contributed by atoms with van der Waals surface area (Å²) in [4.78, 5) is 15.4. The second-order valence-corrected chi connectivity index (χ2v) is 9.44. The van der Waals surface area contributed by atoms with Crippen LogP contribution < -0.4 is 0 Å². The van der Waals surface area contributed by atoms with Crippen LogP contribution in [0, 0.1) is 11.8 Å². The van der Waals surface area contributed by atoms with Crippen LogP contribution in [0.15, 0.2) is 0 Å². The molecule has 0 aromatic heterocycles. The van der Waals surface area contributed by atoms with Crippen molar-refractivity contribution in [2.24, 2.45) is 11.8 Å². The molecule has 0 spiro atoms. The fourth-order valence-corrected chi connectivity index (χ4v) is 6.23. The molecule has 4 nitrogen and oxygen atoms in total. The van der Waals surface area contributed by atoms with E-state index < -0.39 is 6.17 Å². The molecule has 2 saturated heterocycles. The highest BCUT2D eigenvalue weighted by atomic mass is 19.1. The quantitative estimate of drug-likeness (QED) is 0.667. The Labute approximate surface area is 163 Å². The molecule has 4 rings (SSSR count). The van der Waals surface area contributed by atoms with E-state index in [4.69, 9.17) is 9.47 Å². The zero-order chi connectivity index (χ0) is 18.9. The highest BCUT2D eigenvalue weighted by molar-refractivity contribution is 5.70. The van der Waals surface area contributed by atoms with Crippen LogP contribution in [0.1, 0.15) is 77.0 Å². The van der Waals surface area contributed by atoms with E-state index in [9.17, 15) is 9.18 Å². The second kappa shape index (κ2) is 8.36. The Hall–Kier alpha value is -0.680. The molecule has 2 aliphatic heterocycles. The van der Waals surface area contributed by atoms with Gasteiger partial charge < -0.3 is 9.47 Å². The number of esters is 1. The number of carbonyl (C=O) groups excluding carboxylic acids is 1. The minimum absolute atomic E-state index is 0.0107. The predicted octanol–water partition coefficient (Wildman–Crippen LogP) is 4.26. The molecule has 0 aromatic rings. The van der Waals surface area contributed by atoms with Gasteiger partial charge in [0.25, 0.3) is 0 Å². The van der Waals surface area contributed by atoms with Crippen LogP contribution >= 0.6 is 0 Å². The lowest BCUT2D eigenvalue weighted by atomic mass is 9.65. The van der Waals surface area contributed by atoms with Gasteiger partial charge in [0.15, 0.2) is 0 Å². The summed E-state index contributed by atoms with van der Waals surface area (Å²) in [6.07, 6.45) is 11.1. The molecule has 0 unspecified atom stereocenters. The van der Waals surface area contributed by atoms with Crippen LogP contribution in [0.3, 0.4) is 0 Å². The van der Waals surface area contributed by atoms with Gasteiger partial charge in [0.1, 0.15) is 11.8 Å². The first-order valence-electron chi connectivity index (χ1n) is 11.2. The Morgan fingerprint density at radius 1 is 1.04 bits per heavy atom. The van der Waals surface area contributed by atoms with Gasteiger partial charge in [-0.1, -0.05) is 6.42 Å². The molecule has 154 valence electrons. The molecule has 2 saturated carbocycles. The van der Waals surface area contributed by atoms with Crippen molar-refractivity contribution in [2.45, 2.75) is 101 Å². The van der Waals surface area contributed by atoms with E-state index in [0.717, 1.165) is 58.0 Å². The van der Waals surface area contributed by atoms with E-state index in [1.807, 2.05) is 0 Å². The van der Waals surface area contributed by atoms with Crippen LogP contribution in [0.25, 0.3) is 0 Å². The topological polar surface area (TPSA) is 38.8 Å². The molecule has 2 aliphatic carbocycles. The molecular formula is C22H36FNO3. The first-order chi connectivity index (χ1) is 13.1. The lowest BCUT2D eigenvalue weighted by Gasteiger charge is -2.62. The Kier molecular flexibility index (Phi) is 6.08. The normalized spacial score (nSPS) is 42.8. The van der Waals surface area contributed by atoms with E-state index in [0.29, 0.717) is 43.2 Å². The van der Waals surface area contributed by atoms with E-state index in [2.05, 4.69) is 4.90 Å². The SMILES string of the molecule is COC1CCC(CC(=O)O[C@]2(C3CCC(F)CC3)CN3CCCC[C@@H]32)CC1. The summed E-state index contributed by atoms with van der Waals surface area (Å²) in [6, 6.07) is 0.376. The molecule has 2 atom stereocenters. The first kappa shape index (κ1) is 19.6. The van der Waals surface area contributed by atoms with Crippen LogP contribution in [-0.4, -0.2) is 55.0 Å². The zero-order valence-electron chi connectivity index (χ0n) is 16.8. The number of methoxy groups -OCH3 is 1. The summed E-state index contributed by atoms with van der Waals surface area (Å²) < 4.78 is 25.5. The van der Waals surface area contributed by atoms with Crippen LogP contribution in [0.4, 0.5) is 4.39 Å². The van der Waals surface area contributed by atoms with E-state index >= 15 is 0 Å². The van der Waals surface area contributed by atoms with Gasteiger partial charge in [-0.05, 0) is 76.7 Å². The van der Waals surface area contributed by atoms with Crippen LogP contribution in [0.5, 0.6) is 0 Å². The molecule has 2 heterocycles. The highest BCUT2D eigenvalue weighted by Crippen LogP contribution is 2.49. The average Bonchev–Trinajstić information content (AvgIpc) is 2.67. The second-order valence-electron chi connectivity index (χ2n) is 9.44. The van der Waals surface area contributed by atoms with Crippen molar-refractivity contribution < 1.29 is 18.7 Å². The van der Waals surface area contributed by atoms with Gasteiger partial charge in [-0.3, -0.25) is 9.69 Å². The van der Waals surface area contributed by atoms with Crippen molar-refractivity contribution in [1.82, 2.24) is 4.90 Å². The Morgan fingerprint density at radius 2 is 1.78 bits per heavy atom. The number of fused-ring (bicyclic) bond motifs is 1. The highest BCUT2D eigenvalue weighted by Gasteiger charge is 2.60. The summed E-state index contributed by atoms with van der Waals surface area (Å²) in [7, 11) is 1.78. The van der Waals surface area contributed by atoms with Crippen molar-refractivity contribution in [3.05, 3.63) is 0 Å². The number of piperidine rings is 1. The number of hydrogen-bond acceptors (Lipinski definition) is 4. The summed E-state index contributed by atoms with van der Waals surface area (Å²) in [5.74, 6) is 0.769. The van der Waals surface area contributed by atoms with Crippen molar-refractivity contribution in [1.29, 1.82) is 0 Å². The molecule has 4 aliphatic rings. The maximum absolute atomic E-state index is 13.7. The van der Waals surface area contributed by atoms with Gasteiger partial charge >= 0.3 is 5.97 Å². The third kappa shape index (κ3) is 4.05. The number of carbonyl (C=O) groups is 1. The number of ether oxygens (including phenoxy) is 2. The minimum Gasteiger partial charge on any atom is -0.456 e. The number of alkyl halides is 1. The molecule has 0 bridgehead atoms. The minimum atomic E-state index is -0.660. The number of nitrogens with zero attached hydrogens (tertiary/aromatic N) is 1. The van der Waals surface area contributed by atoms with Gasteiger partial charge in [-0.2, -0.15) is 0 Å². The van der Waals surface area contributed by atoms with Gasteiger partial charge in [-0.15, -0.1) is 0 Å². The Bertz CT molecular complexity index is 514. The molecule has 0 amide bonds. The average molecular weight is 382 g/mol. The van der Waals surface area contributed by atoms with Gasteiger partial charge in [-0.25, -0.2) is 4.39 Å². The molecule has 0 N–H and O–H groups in total. The molecular weight excluding hydrogens is 345 g/mol. The third-order valence-electron chi connectivity index (χ3n) is 7.86. The summed E-state index contributed by atoms with van der Waals surface area (Å²) in [6.45, 7) is 2.00. The van der Waals surface area contributed by atoms with Gasteiger partial charge in [0, 0.05) is 26.0 Å². The lowest BCUT2D eigenvalue weighted by molar-refractivity contribution is -0.230. The van der Waals surface area contributed by atoms with E-state index in [1.54, 1.807) is 7.11 Å². The Balaban J connectivity index is 1.38. The summed E-state index contributed by atoms with van der Waals surface area (Å²) >= 11 is 0. The number of hydrogen-bond donors (Lipinski definition) is 0. The third-order valence-corrected chi connectivity index (χ3v) is 7.86. The van der Waals surface area contributed by atoms with Crippen LogP contribution in [-0.2, 0) is 14.3 Å².